The van der Waals surface area contributed by atoms with Crippen LogP contribution in [0.25, 0.3) is 0 Å². The minimum absolute atomic E-state index is 0.110. The van der Waals surface area contributed by atoms with Gasteiger partial charge in [0, 0.05) is 39.3 Å². The smallest absolute Gasteiger partial charge is 0.306 e. The highest BCUT2D eigenvalue weighted by atomic mass is 16.5. The van der Waals surface area contributed by atoms with Crippen LogP contribution < -0.4 is 26.6 Å². The molecule has 0 aromatic rings. The van der Waals surface area contributed by atoms with Crippen molar-refractivity contribution in [3.63, 3.8) is 0 Å². The van der Waals surface area contributed by atoms with Crippen molar-refractivity contribution < 1.29 is 77.7 Å². The van der Waals surface area contributed by atoms with E-state index in [-0.39, 0.29) is 78.3 Å². The molecule has 0 saturated carbocycles. The molecule has 1 saturated heterocycles. The van der Waals surface area contributed by atoms with Crippen LogP contribution in [0.1, 0.15) is 51.4 Å². The zero-order valence-electron chi connectivity index (χ0n) is 28.2. The monoisotopic (exact) mass is 735 g/mol. The maximum Gasteiger partial charge on any atom is 0.306 e. The third-order valence-corrected chi connectivity index (χ3v) is 7.03. The average Bonchev–Trinajstić information content (AvgIpc) is 3.08. The Kier molecular flexibility index (Phi) is 23.1. The van der Waals surface area contributed by atoms with Crippen LogP contribution >= 0.6 is 0 Å². The Balaban J connectivity index is 3.11. The molecule has 1 rings (SSSR count). The van der Waals surface area contributed by atoms with E-state index in [4.69, 9.17) is 39.4 Å². The Morgan fingerprint density at radius 2 is 0.647 bits per heavy atom. The van der Waals surface area contributed by atoms with Gasteiger partial charge < -0.3 is 66.0 Å². The second-order valence-corrected chi connectivity index (χ2v) is 11.5. The fourth-order valence-electron chi connectivity index (χ4n) is 4.26. The second kappa shape index (κ2) is 26.4. The minimum Gasteiger partial charge on any atom is -0.481 e. The summed E-state index contributed by atoms with van der Waals surface area (Å²) in [5, 5.41) is 51.4. The van der Waals surface area contributed by atoms with Crippen LogP contribution in [0, 0.1) is 0 Å². The van der Waals surface area contributed by atoms with Crippen molar-refractivity contribution in [2.24, 2.45) is 0 Å². The molecule has 1 fully saturated rings. The number of carbonyl (C=O) groups is 8. The highest BCUT2D eigenvalue weighted by molar-refractivity contribution is 5.78. The predicted molar refractivity (Wildman–Crippen MR) is 171 cm³/mol. The predicted octanol–water partition coefficient (Wildman–Crippen LogP) is -2.95. The van der Waals surface area contributed by atoms with E-state index in [2.05, 4.69) is 26.6 Å². The summed E-state index contributed by atoms with van der Waals surface area (Å²) in [4.78, 5) is 91.8. The summed E-state index contributed by atoms with van der Waals surface area (Å²) in [6.07, 6.45) is -3.00. The third-order valence-electron chi connectivity index (χ3n) is 7.03. The first-order chi connectivity index (χ1) is 24.2. The van der Waals surface area contributed by atoms with Gasteiger partial charge >= 0.3 is 47.8 Å². The molecule has 0 aliphatic carbocycles. The van der Waals surface area contributed by atoms with Crippen LogP contribution in [0.3, 0.4) is 0 Å². The topological polar surface area (TPSA) is 315 Å². The fraction of sp³-hybridized carbons (Fsp3) is 0.733. The number of carboxylic acid groups (broad SMARTS) is 4. The maximum absolute atomic E-state index is 12.2. The number of carbonyl (C=O) groups excluding carboxylic acids is 4. The van der Waals surface area contributed by atoms with Crippen LogP contribution in [0.2, 0.25) is 0 Å². The van der Waals surface area contributed by atoms with Gasteiger partial charge in [-0.2, -0.15) is 0 Å². The minimum atomic E-state index is -1.17. The lowest BCUT2D eigenvalue weighted by atomic mass is 10.2. The molecular weight excluding hydrogens is 686 g/mol. The number of ether oxygens (including phenoxy) is 4. The molecule has 1 aliphatic rings. The molecule has 0 spiro atoms. The number of nitrogens with one attached hydrogen (secondary N) is 5. The largest absolute Gasteiger partial charge is 0.481 e. The van der Waals surface area contributed by atoms with Gasteiger partial charge in [0.2, 0.25) is 0 Å². The summed E-state index contributed by atoms with van der Waals surface area (Å²) < 4.78 is 21.1. The number of hydrogen-bond donors (Lipinski definition) is 9. The van der Waals surface area contributed by atoms with E-state index in [1.165, 1.54) is 0 Å². The van der Waals surface area contributed by atoms with Crippen LogP contribution in [-0.4, -0.2) is 158 Å². The molecule has 21 heteroatoms. The lowest BCUT2D eigenvalue weighted by molar-refractivity contribution is -0.148. The van der Waals surface area contributed by atoms with E-state index in [1.54, 1.807) is 0 Å². The van der Waals surface area contributed by atoms with Gasteiger partial charge in [0.05, 0.1) is 75.5 Å². The van der Waals surface area contributed by atoms with Crippen LogP contribution in [-0.2, 0) is 57.3 Å². The number of esters is 4. The Hall–Kier alpha value is -4.44. The number of rotatable bonds is 20. The van der Waals surface area contributed by atoms with Crippen molar-refractivity contribution in [3.8, 4) is 0 Å². The van der Waals surface area contributed by atoms with Gasteiger partial charge in [0.15, 0.2) is 0 Å². The molecule has 4 atom stereocenters. The van der Waals surface area contributed by atoms with Crippen LogP contribution in [0.15, 0.2) is 0 Å². The van der Waals surface area contributed by atoms with Crippen molar-refractivity contribution in [2.75, 3.05) is 65.7 Å². The Morgan fingerprint density at radius 1 is 0.392 bits per heavy atom. The van der Waals surface area contributed by atoms with Crippen molar-refractivity contribution in [2.45, 2.75) is 75.5 Å². The van der Waals surface area contributed by atoms with E-state index in [0.717, 1.165) is 0 Å². The molecule has 0 aromatic heterocycles. The van der Waals surface area contributed by atoms with Crippen molar-refractivity contribution in [1.82, 2.24) is 26.6 Å². The summed E-state index contributed by atoms with van der Waals surface area (Å²) in [6.45, 7) is 0.630. The van der Waals surface area contributed by atoms with E-state index in [1.807, 2.05) is 0 Å². The Bertz CT molecular complexity index is 1160. The van der Waals surface area contributed by atoms with Gasteiger partial charge in [-0.15, -0.1) is 0 Å². The summed E-state index contributed by atoms with van der Waals surface area (Å²) >= 11 is 0. The van der Waals surface area contributed by atoms with Gasteiger partial charge in [-0.05, 0) is 0 Å². The van der Waals surface area contributed by atoms with Crippen molar-refractivity contribution >= 4 is 47.8 Å². The SMILES string of the molecule is O=C(O)CCC(=O)OC[C@H]1CNC[C@H](COC(=O)CCC(=O)O)NC[C@@H](COC(=O)CCC(=O)O)NC[C@H](COC(=O)CCC(=O)O)NCCN1. The highest BCUT2D eigenvalue weighted by Gasteiger charge is 2.22. The van der Waals surface area contributed by atoms with Crippen LogP contribution in [0.4, 0.5) is 0 Å². The summed E-state index contributed by atoms with van der Waals surface area (Å²) in [5.41, 5.74) is 0. The van der Waals surface area contributed by atoms with Gasteiger partial charge in [-0.1, -0.05) is 0 Å². The first-order valence-electron chi connectivity index (χ1n) is 16.4. The molecule has 51 heavy (non-hydrogen) atoms. The van der Waals surface area contributed by atoms with Gasteiger partial charge in [0.25, 0.3) is 0 Å². The number of carboxylic acids is 4. The second-order valence-electron chi connectivity index (χ2n) is 11.5. The molecule has 290 valence electrons. The number of aliphatic carboxylic acids is 4. The third kappa shape index (κ3) is 25.2. The van der Waals surface area contributed by atoms with Crippen molar-refractivity contribution in [3.05, 3.63) is 0 Å². The van der Waals surface area contributed by atoms with Gasteiger partial charge in [-0.25, -0.2) is 0 Å². The van der Waals surface area contributed by atoms with E-state index in [9.17, 15) is 38.4 Å². The molecule has 0 unspecified atom stereocenters. The summed E-state index contributed by atoms with van der Waals surface area (Å²) in [7, 11) is 0. The fourth-order valence-corrected chi connectivity index (χ4v) is 4.26. The Labute approximate surface area is 293 Å². The van der Waals surface area contributed by atoms with Crippen LogP contribution in [0.5, 0.6) is 0 Å². The average molecular weight is 736 g/mol. The zero-order valence-corrected chi connectivity index (χ0v) is 28.2. The molecule has 0 amide bonds. The molecule has 0 radical (unpaired) electrons. The lowest BCUT2D eigenvalue weighted by Crippen LogP contribution is -2.53. The van der Waals surface area contributed by atoms with Gasteiger partial charge in [-0.3, -0.25) is 38.4 Å². The van der Waals surface area contributed by atoms with Gasteiger partial charge in [0.1, 0.15) is 26.4 Å². The van der Waals surface area contributed by atoms with Crippen molar-refractivity contribution in [1.29, 1.82) is 0 Å². The zero-order chi connectivity index (χ0) is 38.0. The summed E-state index contributed by atoms with van der Waals surface area (Å²) in [5.74, 6) is -7.57. The maximum atomic E-state index is 12.2. The Morgan fingerprint density at radius 3 is 0.941 bits per heavy atom. The first-order valence-corrected chi connectivity index (χ1v) is 16.4. The quantitative estimate of drug-likeness (QED) is 0.0446. The van der Waals surface area contributed by atoms with E-state index < -0.39 is 97.6 Å². The normalized spacial score (nSPS) is 20.4. The molecule has 1 heterocycles. The lowest BCUT2D eigenvalue weighted by Gasteiger charge is -2.26. The number of hydrogen-bond acceptors (Lipinski definition) is 17. The van der Waals surface area contributed by atoms with E-state index >= 15 is 0 Å². The first kappa shape index (κ1) is 44.6. The highest BCUT2D eigenvalue weighted by Crippen LogP contribution is 2.01. The van der Waals surface area contributed by atoms with E-state index in [0.29, 0.717) is 13.1 Å². The standard InChI is InChI=1S/C30H49N5O16/c36-23(37)1-5-27(44)48-15-19-11-31-12-20(16-49-28(45)6-2-24(38)39)34-14-22(18-51-30(47)8-4-26(42)43)35-13-21(33-10-9-32-19)17-50-29(46)7-3-25(40)41/h19-22,31-35H,1-18H2,(H,36,37)(H,38,39)(H,40,41)(H,42,43)/t19-,20-,21-,22+/m1/s1. The molecule has 9 N–H and O–H groups in total. The molecule has 0 aromatic carbocycles. The molecule has 1 aliphatic heterocycles. The molecule has 0 bridgehead atoms. The molecular formula is C30H49N5O16. The summed E-state index contributed by atoms with van der Waals surface area (Å²) in [6, 6.07) is -2.17. The molecule has 21 nitrogen and oxygen atoms in total.